The van der Waals surface area contributed by atoms with Crippen LogP contribution in [-0.2, 0) is 0 Å². The number of fused-ring (bicyclic) bond motifs is 10. The second-order valence-corrected chi connectivity index (χ2v) is 14.0. The maximum Gasteiger partial charge on any atom is 0.238 e. The van der Waals surface area contributed by atoms with E-state index in [4.69, 9.17) is 15.0 Å². The van der Waals surface area contributed by atoms with Gasteiger partial charge in [0.2, 0.25) is 5.95 Å². The molecule has 0 fully saturated rings. The summed E-state index contributed by atoms with van der Waals surface area (Å²) in [5, 5.41) is 9.83. The number of hydrogen-bond donors (Lipinski definition) is 0. The Morgan fingerprint density at radius 3 is 1.24 bits per heavy atom. The van der Waals surface area contributed by atoms with Crippen molar-refractivity contribution in [1.82, 2.24) is 19.5 Å². The van der Waals surface area contributed by atoms with Gasteiger partial charge in [-0.1, -0.05) is 182 Å². The van der Waals surface area contributed by atoms with E-state index in [0.29, 0.717) is 17.6 Å². The molecule has 0 saturated heterocycles. The number of hydrogen-bond acceptors (Lipinski definition) is 3. The first-order valence-corrected chi connectivity index (χ1v) is 18.6. The first kappa shape index (κ1) is 31.1. The Hall–Kier alpha value is -7.43. The SMILES string of the molecule is c1ccc(-c2ccc(-c3ccc(-c4nc(-c5ccccc5)nc(-n5c6ccccc6c6c7c8ccccc8c8ccccc8c7ccc65)n4)cc3)cc2)cc1. The number of nitrogens with zero attached hydrogens (tertiary/aromatic N) is 4. The third kappa shape index (κ3) is 5.11. The van der Waals surface area contributed by atoms with Gasteiger partial charge in [0.1, 0.15) is 0 Å². The predicted molar refractivity (Wildman–Crippen MR) is 228 cm³/mol. The lowest BCUT2D eigenvalue weighted by Gasteiger charge is -2.13. The first-order chi connectivity index (χ1) is 27.3. The fourth-order valence-electron chi connectivity index (χ4n) is 8.28. The van der Waals surface area contributed by atoms with Crippen LogP contribution in [0, 0.1) is 0 Å². The van der Waals surface area contributed by atoms with Crippen LogP contribution in [0.25, 0.3) is 105 Å². The largest absolute Gasteiger partial charge is 0.278 e. The molecule has 0 N–H and O–H groups in total. The van der Waals surface area contributed by atoms with Gasteiger partial charge >= 0.3 is 0 Å². The molecule has 0 saturated carbocycles. The van der Waals surface area contributed by atoms with Gasteiger partial charge in [-0.25, -0.2) is 4.98 Å². The quantitative estimate of drug-likeness (QED) is 0.168. The summed E-state index contributed by atoms with van der Waals surface area (Å²) in [4.78, 5) is 15.5. The molecule has 0 unspecified atom stereocenters. The van der Waals surface area contributed by atoms with Crippen LogP contribution in [0.2, 0.25) is 0 Å². The average Bonchev–Trinajstić information content (AvgIpc) is 3.61. The van der Waals surface area contributed by atoms with E-state index in [2.05, 4.69) is 174 Å². The summed E-state index contributed by atoms with van der Waals surface area (Å²) >= 11 is 0. The topological polar surface area (TPSA) is 43.6 Å². The van der Waals surface area contributed by atoms with Gasteiger partial charge in [0.25, 0.3) is 0 Å². The van der Waals surface area contributed by atoms with Crippen molar-refractivity contribution >= 4 is 54.1 Å². The fourth-order valence-corrected chi connectivity index (χ4v) is 8.28. The molecular formula is C51H32N4. The van der Waals surface area contributed by atoms with Crippen molar-refractivity contribution in [3.63, 3.8) is 0 Å². The molecule has 0 aliphatic heterocycles. The molecular weight excluding hydrogens is 669 g/mol. The molecule has 0 amide bonds. The minimum Gasteiger partial charge on any atom is -0.278 e. The Balaban J connectivity index is 1.11. The molecule has 0 bridgehead atoms. The van der Waals surface area contributed by atoms with E-state index in [1.165, 1.54) is 48.8 Å². The standard InChI is InChI=1S/C51H32N4/c1-3-13-33(14-4-1)34-23-25-35(26-24-34)36-27-29-38(30-28-36)50-52-49(37-15-5-2-6-16-37)53-51(54-50)55-45-22-12-11-21-44(45)48-46(55)32-31-43-41-19-8-7-17-39(41)40-18-9-10-20-42(40)47(43)48/h1-32H. The highest BCUT2D eigenvalue weighted by molar-refractivity contribution is 6.35. The third-order valence-electron chi connectivity index (χ3n) is 10.9. The normalized spacial score (nSPS) is 11.6. The number of rotatable bonds is 5. The molecule has 9 aromatic carbocycles. The molecule has 55 heavy (non-hydrogen) atoms. The highest BCUT2D eigenvalue weighted by atomic mass is 15.2. The summed E-state index contributed by atoms with van der Waals surface area (Å²) in [6, 6.07) is 68.6. The van der Waals surface area contributed by atoms with Gasteiger partial charge in [0.15, 0.2) is 11.6 Å². The lowest BCUT2D eigenvalue weighted by atomic mass is 9.92. The summed E-state index contributed by atoms with van der Waals surface area (Å²) in [5.41, 5.74) is 8.67. The Morgan fingerprint density at radius 2 is 0.655 bits per heavy atom. The molecule has 256 valence electrons. The van der Waals surface area contributed by atoms with Crippen LogP contribution in [0.4, 0.5) is 0 Å². The van der Waals surface area contributed by atoms with Crippen molar-refractivity contribution in [2.75, 3.05) is 0 Å². The lowest BCUT2D eigenvalue weighted by Crippen LogP contribution is -2.06. The summed E-state index contributed by atoms with van der Waals surface area (Å²) in [6.07, 6.45) is 0. The van der Waals surface area contributed by atoms with Crippen molar-refractivity contribution in [1.29, 1.82) is 0 Å². The van der Waals surface area contributed by atoms with Gasteiger partial charge in [0, 0.05) is 27.3 Å². The lowest BCUT2D eigenvalue weighted by molar-refractivity contribution is 0.953. The van der Waals surface area contributed by atoms with Crippen molar-refractivity contribution in [3.05, 3.63) is 194 Å². The second kappa shape index (κ2) is 12.6. The number of para-hydroxylation sites is 1. The Morgan fingerprint density at radius 1 is 0.255 bits per heavy atom. The molecule has 0 aliphatic carbocycles. The number of benzene rings is 9. The average molecular weight is 701 g/mol. The minimum atomic E-state index is 0.583. The molecule has 0 radical (unpaired) electrons. The smallest absolute Gasteiger partial charge is 0.238 e. The first-order valence-electron chi connectivity index (χ1n) is 18.6. The molecule has 2 heterocycles. The van der Waals surface area contributed by atoms with E-state index in [1.54, 1.807) is 0 Å². The van der Waals surface area contributed by atoms with Crippen molar-refractivity contribution < 1.29 is 0 Å². The van der Waals surface area contributed by atoms with E-state index >= 15 is 0 Å². The highest BCUT2D eigenvalue weighted by Crippen LogP contribution is 2.43. The van der Waals surface area contributed by atoms with E-state index in [-0.39, 0.29) is 0 Å². The Bertz CT molecular complexity index is 3190. The summed E-state index contributed by atoms with van der Waals surface area (Å²) in [5.74, 6) is 1.84. The van der Waals surface area contributed by atoms with Gasteiger partial charge in [-0.2, -0.15) is 9.97 Å². The highest BCUT2D eigenvalue weighted by Gasteiger charge is 2.21. The molecule has 4 heteroatoms. The van der Waals surface area contributed by atoms with Gasteiger partial charge < -0.3 is 0 Å². The molecule has 4 nitrogen and oxygen atoms in total. The van der Waals surface area contributed by atoms with Gasteiger partial charge in [-0.15, -0.1) is 0 Å². The van der Waals surface area contributed by atoms with Crippen LogP contribution in [-0.4, -0.2) is 19.5 Å². The Kier molecular flexibility index (Phi) is 7.14. The second-order valence-electron chi connectivity index (χ2n) is 14.0. The van der Waals surface area contributed by atoms with Gasteiger partial charge in [-0.05, 0) is 61.3 Å². The van der Waals surface area contributed by atoms with Crippen LogP contribution in [0.1, 0.15) is 0 Å². The Labute approximate surface area is 317 Å². The van der Waals surface area contributed by atoms with Crippen LogP contribution in [0.15, 0.2) is 194 Å². The van der Waals surface area contributed by atoms with E-state index in [1.807, 2.05) is 24.3 Å². The zero-order valence-electron chi connectivity index (χ0n) is 29.8. The van der Waals surface area contributed by atoms with Crippen LogP contribution < -0.4 is 0 Å². The van der Waals surface area contributed by atoms with Gasteiger partial charge in [-0.3, -0.25) is 4.57 Å². The van der Waals surface area contributed by atoms with Gasteiger partial charge in [0.05, 0.1) is 11.0 Å². The van der Waals surface area contributed by atoms with Crippen LogP contribution in [0.5, 0.6) is 0 Å². The van der Waals surface area contributed by atoms with Crippen molar-refractivity contribution in [3.8, 4) is 51.0 Å². The molecule has 0 aliphatic rings. The third-order valence-corrected chi connectivity index (χ3v) is 10.9. The summed E-state index contributed by atoms with van der Waals surface area (Å²) < 4.78 is 2.22. The number of aromatic nitrogens is 4. The summed E-state index contributed by atoms with van der Waals surface area (Å²) in [7, 11) is 0. The van der Waals surface area contributed by atoms with E-state index < -0.39 is 0 Å². The zero-order chi connectivity index (χ0) is 36.3. The molecule has 0 spiro atoms. The predicted octanol–water partition coefficient (Wildman–Crippen LogP) is 13.1. The van der Waals surface area contributed by atoms with Crippen LogP contribution in [0.3, 0.4) is 0 Å². The summed E-state index contributed by atoms with van der Waals surface area (Å²) in [6.45, 7) is 0. The maximum absolute atomic E-state index is 5.25. The van der Waals surface area contributed by atoms with E-state index in [0.717, 1.165) is 38.7 Å². The zero-order valence-corrected chi connectivity index (χ0v) is 29.8. The van der Waals surface area contributed by atoms with Crippen LogP contribution >= 0.6 is 0 Å². The van der Waals surface area contributed by atoms with Crippen molar-refractivity contribution in [2.45, 2.75) is 0 Å². The molecule has 11 rings (SSSR count). The van der Waals surface area contributed by atoms with Crippen molar-refractivity contribution in [2.24, 2.45) is 0 Å². The van der Waals surface area contributed by atoms with E-state index in [9.17, 15) is 0 Å². The monoisotopic (exact) mass is 700 g/mol. The molecule has 0 atom stereocenters. The minimum absolute atomic E-state index is 0.583. The maximum atomic E-state index is 5.25. The molecule has 11 aromatic rings. The molecule has 2 aromatic heterocycles. The fraction of sp³-hybridized carbons (Fsp3) is 0.